The van der Waals surface area contributed by atoms with Crippen LogP contribution < -0.4 is 0 Å². The number of likely N-dealkylation sites (tertiary alicyclic amines) is 2. The molecule has 3 aliphatic rings. The summed E-state index contributed by atoms with van der Waals surface area (Å²) in [6.07, 6.45) is 9.37. The Bertz CT molecular complexity index is 628. The second kappa shape index (κ2) is 7.06. The number of rotatable bonds is 3. The molecule has 1 aromatic carbocycles. The third kappa shape index (κ3) is 3.46. The van der Waals surface area contributed by atoms with E-state index in [1.54, 1.807) is 12.1 Å². The van der Waals surface area contributed by atoms with Crippen LogP contribution in [0.25, 0.3) is 0 Å². The molecule has 1 aliphatic carbocycles. The molecule has 2 aliphatic heterocycles. The Morgan fingerprint density at radius 2 is 1.92 bits per heavy atom. The minimum Gasteiger partial charge on any atom is -0.339 e. The average Bonchev–Trinajstić information content (AvgIpc) is 3.02. The SMILES string of the molecule is O=C1N(C2CCCCC2)CCC[C@]12CCN(Cc1cccc(F)c1)C2. The van der Waals surface area contributed by atoms with Gasteiger partial charge in [0.2, 0.25) is 5.91 Å². The Hall–Kier alpha value is -1.42. The standard InChI is InChI=1S/C21H29FN2O/c22-18-7-4-6-17(14-18)15-23-13-11-21(16-23)10-5-12-24(20(21)25)19-8-2-1-3-9-19/h4,6-7,14,19H,1-3,5,8-13,15-16H2/t21-/m1/s1. The molecular formula is C21H29FN2O. The van der Waals surface area contributed by atoms with E-state index in [0.29, 0.717) is 11.9 Å². The van der Waals surface area contributed by atoms with Gasteiger partial charge in [-0.2, -0.15) is 0 Å². The van der Waals surface area contributed by atoms with E-state index in [4.69, 9.17) is 0 Å². The fourth-order valence-corrected chi connectivity index (χ4v) is 5.21. The van der Waals surface area contributed by atoms with Crippen LogP contribution in [0.1, 0.15) is 56.9 Å². The van der Waals surface area contributed by atoms with Crippen molar-refractivity contribution in [2.24, 2.45) is 5.41 Å². The number of carbonyl (C=O) groups excluding carboxylic acids is 1. The molecule has 1 spiro atoms. The fraction of sp³-hybridized carbons (Fsp3) is 0.667. The van der Waals surface area contributed by atoms with Gasteiger partial charge in [-0.15, -0.1) is 0 Å². The molecule has 3 fully saturated rings. The Morgan fingerprint density at radius 1 is 1.08 bits per heavy atom. The van der Waals surface area contributed by atoms with Crippen LogP contribution in [0, 0.1) is 11.2 Å². The molecule has 0 aromatic heterocycles. The minimum absolute atomic E-state index is 0.177. The molecule has 4 heteroatoms. The van der Waals surface area contributed by atoms with E-state index in [9.17, 15) is 9.18 Å². The van der Waals surface area contributed by atoms with Crippen LogP contribution >= 0.6 is 0 Å². The summed E-state index contributed by atoms with van der Waals surface area (Å²) in [5, 5.41) is 0. The summed E-state index contributed by atoms with van der Waals surface area (Å²) in [6, 6.07) is 7.33. The van der Waals surface area contributed by atoms with Gasteiger partial charge in [-0.25, -0.2) is 4.39 Å². The number of hydrogen-bond donors (Lipinski definition) is 0. The Balaban J connectivity index is 1.43. The number of hydrogen-bond acceptors (Lipinski definition) is 2. The van der Waals surface area contributed by atoms with Crippen molar-refractivity contribution < 1.29 is 9.18 Å². The van der Waals surface area contributed by atoms with Crippen molar-refractivity contribution in [2.75, 3.05) is 19.6 Å². The summed E-state index contributed by atoms with van der Waals surface area (Å²) in [5.41, 5.74) is 0.827. The summed E-state index contributed by atoms with van der Waals surface area (Å²) >= 11 is 0. The number of benzene rings is 1. The van der Waals surface area contributed by atoms with Crippen molar-refractivity contribution in [3.63, 3.8) is 0 Å². The van der Waals surface area contributed by atoms with Gasteiger partial charge in [0, 0.05) is 25.7 Å². The Labute approximate surface area is 150 Å². The van der Waals surface area contributed by atoms with Gasteiger partial charge in [-0.05, 0) is 56.3 Å². The van der Waals surface area contributed by atoms with E-state index < -0.39 is 0 Å². The molecule has 1 amide bonds. The molecule has 1 atom stereocenters. The van der Waals surface area contributed by atoms with E-state index in [2.05, 4.69) is 9.80 Å². The van der Waals surface area contributed by atoms with Gasteiger partial charge in [-0.3, -0.25) is 9.69 Å². The predicted octanol–water partition coefficient (Wildman–Crippen LogP) is 3.97. The largest absolute Gasteiger partial charge is 0.339 e. The van der Waals surface area contributed by atoms with Gasteiger partial charge < -0.3 is 4.90 Å². The monoisotopic (exact) mass is 344 g/mol. The van der Waals surface area contributed by atoms with Crippen molar-refractivity contribution in [3.05, 3.63) is 35.6 Å². The first kappa shape index (κ1) is 17.0. The minimum atomic E-state index is -0.178. The maximum Gasteiger partial charge on any atom is 0.230 e. The zero-order valence-corrected chi connectivity index (χ0v) is 15.1. The summed E-state index contributed by atoms with van der Waals surface area (Å²) in [4.78, 5) is 17.9. The van der Waals surface area contributed by atoms with Crippen LogP contribution in [0.5, 0.6) is 0 Å². The van der Waals surface area contributed by atoms with Crippen LogP contribution in [-0.4, -0.2) is 41.4 Å². The number of nitrogens with zero attached hydrogens (tertiary/aromatic N) is 2. The fourth-order valence-electron chi connectivity index (χ4n) is 5.21. The molecule has 0 unspecified atom stereocenters. The van der Waals surface area contributed by atoms with E-state index in [0.717, 1.165) is 51.0 Å². The van der Waals surface area contributed by atoms with Gasteiger partial charge in [0.15, 0.2) is 0 Å². The van der Waals surface area contributed by atoms with Gasteiger partial charge >= 0.3 is 0 Å². The number of carbonyl (C=O) groups is 1. The van der Waals surface area contributed by atoms with E-state index >= 15 is 0 Å². The summed E-state index contributed by atoms with van der Waals surface area (Å²) in [6.45, 7) is 3.48. The highest BCUT2D eigenvalue weighted by molar-refractivity contribution is 5.84. The maximum atomic E-state index is 13.4. The van der Waals surface area contributed by atoms with Crippen LogP contribution in [0.2, 0.25) is 0 Å². The Kier molecular flexibility index (Phi) is 4.81. The van der Waals surface area contributed by atoms with E-state index in [1.807, 2.05) is 6.07 Å². The zero-order valence-electron chi connectivity index (χ0n) is 15.1. The van der Waals surface area contributed by atoms with Gasteiger partial charge in [0.05, 0.1) is 5.41 Å². The molecule has 1 aromatic rings. The highest BCUT2D eigenvalue weighted by atomic mass is 19.1. The van der Waals surface area contributed by atoms with Crippen LogP contribution in [0.15, 0.2) is 24.3 Å². The highest BCUT2D eigenvalue weighted by Gasteiger charge is 2.49. The van der Waals surface area contributed by atoms with E-state index in [-0.39, 0.29) is 11.2 Å². The van der Waals surface area contributed by atoms with Crippen molar-refractivity contribution in [1.29, 1.82) is 0 Å². The number of piperidine rings is 1. The van der Waals surface area contributed by atoms with E-state index in [1.165, 1.54) is 38.2 Å². The molecule has 2 saturated heterocycles. The maximum absolute atomic E-state index is 13.4. The number of amides is 1. The summed E-state index contributed by atoms with van der Waals surface area (Å²) < 4.78 is 13.4. The average molecular weight is 344 g/mol. The normalized spacial score (nSPS) is 28.8. The quantitative estimate of drug-likeness (QED) is 0.828. The Morgan fingerprint density at radius 3 is 2.72 bits per heavy atom. The summed E-state index contributed by atoms with van der Waals surface area (Å²) in [7, 11) is 0. The van der Waals surface area contributed by atoms with Crippen LogP contribution in [0.3, 0.4) is 0 Å². The first-order valence-corrected chi connectivity index (χ1v) is 9.94. The van der Waals surface area contributed by atoms with Crippen molar-refractivity contribution in [1.82, 2.24) is 9.80 Å². The molecule has 0 N–H and O–H groups in total. The lowest BCUT2D eigenvalue weighted by Gasteiger charge is -2.44. The molecule has 2 heterocycles. The predicted molar refractivity (Wildman–Crippen MR) is 96.5 cm³/mol. The van der Waals surface area contributed by atoms with Crippen LogP contribution in [0.4, 0.5) is 4.39 Å². The third-order valence-electron chi connectivity index (χ3n) is 6.51. The number of halogens is 1. The molecule has 0 radical (unpaired) electrons. The molecule has 1 saturated carbocycles. The first-order valence-electron chi connectivity index (χ1n) is 9.94. The highest BCUT2D eigenvalue weighted by Crippen LogP contribution is 2.42. The molecule has 3 nitrogen and oxygen atoms in total. The van der Waals surface area contributed by atoms with Crippen molar-refractivity contribution >= 4 is 5.91 Å². The second-order valence-corrected chi connectivity index (χ2v) is 8.26. The lowest BCUT2D eigenvalue weighted by atomic mass is 9.77. The summed E-state index contributed by atoms with van der Waals surface area (Å²) in [5.74, 6) is 0.232. The van der Waals surface area contributed by atoms with Crippen LogP contribution in [-0.2, 0) is 11.3 Å². The van der Waals surface area contributed by atoms with Gasteiger partial charge in [-0.1, -0.05) is 31.4 Å². The molecule has 136 valence electrons. The molecule has 0 bridgehead atoms. The first-order chi connectivity index (χ1) is 12.2. The smallest absolute Gasteiger partial charge is 0.230 e. The topological polar surface area (TPSA) is 23.6 Å². The molecule has 25 heavy (non-hydrogen) atoms. The van der Waals surface area contributed by atoms with Crippen molar-refractivity contribution in [3.8, 4) is 0 Å². The zero-order chi connectivity index (χ0) is 17.3. The molecule has 4 rings (SSSR count). The van der Waals surface area contributed by atoms with Gasteiger partial charge in [0.1, 0.15) is 5.82 Å². The van der Waals surface area contributed by atoms with Crippen molar-refractivity contribution in [2.45, 2.75) is 64.0 Å². The third-order valence-corrected chi connectivity index (χ3v) is 6.51. The second-order valence-electron chi connectivity index (χ2n) is 8.26. The lowest BCUT2D eigenvalue weighted by molar-refractivity contribution is -0.149. The lowest BCUT2D eigenvalue weighted by Crippen LogP contribution is -2.54. The van der Waals surface area contributed by atoms with Gasteiger partial charge in [0.25, 0.3) is 0 Å². The molecular weight excluding hydrogens is 315 g/mol.